The summed E-state index contributed by atoms with van der Waals surface area (Å²) in [6.45, 7) is 2.65. The second kappa shape index (κ2) is 10.1. The summed E-state index contributed by atoms with van der Waals surface area (Å²) in [5, 5.41) is 11.5. The number of terminal acetylenes is 1. The summed E-state index contributed by atoms with van der Waals surface area (Å²) in [7, 11) is 1.61. The third-order valence-corrected chi connectivity index (χ3v) is 4.28. The van der Waals surface area contributed by atoms with Crippen LogP contribution in [0.15, 0.2) is 36.4 Å². The average molecular weight is 381 g/mol. The molecule has 0 aliphatic heterocycles. The number of hydrogen-bond donors (Lipinski definition) is 2. The van der Waals surface area contributed by atoms with Gasteiger partial charge in [0, 0.05) is 12.0 Å². The van der Waals surface area contributed by atoms with Gasteiger partial charge in [0.2, 0.25) is 6.41 Å². The third kappa shape index (κ3) is 5.35. The molecule has 0 saturated heterocycles. The van der Waals surface area contributed by atoms with E-state index in [0.717, 1.165) is 33.6 Å². The van der Waals surface area contributed by atoms with Crippen molar-refractivity contribution in [3.63, 3.8) is 0 Å². The predicted molar refractivity (Wildman–Crippen MR) is 106 cm³/mol. The Morgan fingerprint density at radius 3 is 2.57 bits per heavy atom. The van der Waals surface area contributed by atoms with Gasteiger partial charge in [0.1, 0.15) is 18.4 Å². The van der Waals surface area contributed by atoms with Crippen LogP contribution in [0.2, 0.25) is 0 Å². The van der Waals surface area contributed by atoms with Crippen LogP contribution in [0.5, 0.6) is 5.75 Å². The van der Waals surface area contributed by atoms with Gasteiger partial charge in [0.05, 0.1) is 13.7 Å². The van der Waals surface area contributed by atoms with Gasteiger partial charge in [-0.3, -0.25) is 4.79 Å². The zero-order valence-corrected chi connectivity index (χ0v) is 15.9. The lowest BCUT2D eigenvalue weighted by atomic mass is 9.95. The quantitative estimate of drug-likeness (QED) is 0.375. The molecule has 146 valence electrons. The van der Waals surface area contributed by atoms with Crippen molar-refractivity contribution in [2.24, 2.45) is 0 Å². The molecule has 0 unspecified atom stereocenters. The normalized spacial score (nSPS) is 11.3. The molecule has 0 aliphatic carbocycles. The number of carboxylic acids is 1. The number of methoxy groups -OCH3 is 1. The predicted octanol–water partition coefficient (Wildman–Crippen LogP) is 2.56. The number of aryl methyl sites for hydroxylation is 1. The summed E-state index contributed by atoms with van der Waals surface area (Å²) < 4.78 is 11.0. The first-order chi connectivity index (χ1) is 13.5. The van der Waals surface area contributed by atoms with E-state index in [1.165, 1.54) is 0 Å². The van der Waals surface area contributed by atoms with Crippen LogP contribution in [0.1, 0.15) is 16.7 Å². The maximum Gasteiger partial charge on any atom is 0.326 e. The Morgan fingerprint density at radius 1 is 1.29 bits per heavy atom. The van der Waals surface area contributed by atoms with Crippen molar-refractivity contribution in [3.05, 3.63) is 53.1 Å². The second-order valence-electron chi connectivity index (χ2n) is 6.26. The van der Waals surface area contributed by atoms with Crippen LogP contribution < -0.4 is 10.1 Å². The topological polar surface area (TPSA) is 84.9 Å². The molecule has 0 bridgehead atoms. The number of benzene rings is 2. The van der Waals surface area contributed by atoms with Gasteiger partial charge in [-0.25, -0.2) is 4.79 Å². The summed E-state index contributed by atoms with van der Waals surface area (Å²) in [6.07, 6.45) is 5.80. The summed E-state index contributed by atoms with van der Waals surface area (Å²) >= 11 is 0. The molecule has 6 heteroatoms. The summed E-state index contributed by atoms with van der Waals surface area (Å²) in [4.78, 5) is 21.7. The third-order valence-electron chi connectivity index (χ3n) is 4.28. The molecule has 1 atom stereocenters. The minimum absolute atomic E-state index is 0.204. The number of hydrogen-bond acceptors (Lipinski definition) is 4. The lowest BCUT2D eigenvalue weighted by Gasteiger charge is -2.16. The summed E-state index contributed by atoms with van der Waals surface area (Å²) in [5.74, 6) is 2.09. The van der Waals surface area contributed by atoms with Crippen LogP contribution in [0.3, 0.4) is 0 Å². The average Bonchev–Trinajstić information content (AvgIpc) is 2.68. The van der Waals surface area contributed by atoms with E-state index in [2.05, 4.69) is 11.2 Å². The molecular formula is C22H23NO5. The number of amides is 1. The van der Waals surface area contributed by atoms with E-state index < -0.39 is 12.0 Å². The van der Waals surface area contributed by atoms with Crippen molar-refractivity contribution in [2.75, 3.05) is 13.7 Å². The van der Waals surface area contributed by atoms with Gasteiger partial charge in [-0.15, -0.1) is 6.42 Å². The number of nitrogens with one attached hydrogen (secondary N) is 1. The highest BCUT2D eigenvalue weighted by atomic mass is 16.5. The van der Waals surface area contributed by atoms with Gasteiger partial charge in [-0.05, 0) is 35.2 Å². The molecule has 2 N–H and O–H groups in total. The van der Waals surface area contributed by atoms with Crippen LogP contribution in [-0.2, 0) is 27.4 Å². The lowest BCUT2D eigenvalue weighted by Crippen LogP contribution is -2.37. The van der Waals surface area contributed by atoms with E-state index in [4.69, 9.17) is 21.0 Å². The van der Waals surface area contributed by atoms with E-state index in [1.807, 2.05) is 43.3 Å². The molecule has 2 rings (SSSR count). The van der Waals surface area contributed by atoms with E-state index in [9.17, 15) is 9.59 Å². The molecule has 0 aromatic heterocycles. The fraction of sp³-hybridized carbons (Fsp3) is 0.273. The minimum atomic E-state index is -1.07. The molecule has 0 fully saturated rings. The molecule has 0 spiro atoms. The molecule has 0 aliphatic rings. The largest absolute Gasteiger partial charge is 0.496 e. The first-order valence-electron chi connectivity index (χ1n) is 8.70. The van der Waals surface area contributed by atoms with Crippen molar-refractivity contribution in [3.8, 4) is 29.2 Å². The van der Waals surface area contributed by atoms with Crippen molar-refractivity contribution in [1.82, 2.24) is 5.32 Å². The monoisotopic (exact) mass is 381 g/mol. The Morgan fingerprint density at radius 2 is 2.00 bits per heavy atom. The molecule has 2 aromatic rings. The maximum atomic E-state index is 11.2. The molecule has 0 heterocycles. The molecule has 0 saturated carbocycles. The maximum absolute atomic E-state index is 11.2. The summed E-state index contributed by atoms with van der Waals surface area (Å²) in [6, 6.07) is 10.5. The number of carbonyl (C=O) groups excluding carboxylic acids is 1. The minimum Gasteiger partial charge on any atom is -0.496 e. The number of ether oxygens (including phenoxy) is 2. The van der Waals surface area contributed by atoms with Crippen molar-refractivity contribution in [1.29, 1.82) is 0 Å². The van der Waals surface area contributed by atoms with Crippen LogP contribution in [0.25, 0.3) is 11.1 Å². The Hall–Kier alpha value is -3.30. The van der Waals surface area contributed by atoms with Gasteiger partial charge in [0.25, 0.3) is 0 Å². The van der Waals surface area contributed by atoms with Crippen molar-refractivity contribution in [2.45, 2.75) is 26.0 Å². The Labute approximate surface area is 164 Å². The number of carbonyl (C=O) groups is 2. The highest BCUT2D eigenvalue weighted by Gasteiger charge is 2.17. The number of aliphatic carboxylic acids is 1. The van der Waals surface area contributed by atoms with E-state index in [1.54, 1.807) is 7.11 Å². The van der Waals surface area contributed by atoms with E-state index in [-0.39, 0.29) is 13.0 Å². The smallest absolute Gasteiger partial charge is 0.326 e. The highest BCUT2D eigenvalue weighted by molar-refractivity contribution is 5.77. The SMILES string of the molecule is C#CCOCc1cc(C)c(-c2ccc(C[C@H](NC=O)C(=O)O)cc2)c(OC)c1. The van der Waals surface area contributed by atoms with Crippen LogP contribution in [0, 0.1) is 19.3 Å². The Balaban J connectivity index is 2.26. The van der Waals surface area contributed by atoms with E-state index in [0.29, 0.717) is 13.0 Å². The first-order valence-corrected chi connectivity index (χ1v) is 8.70. The van der Waals surface area contributed by atoms with Gasteiger partial charge in [-0.1, -0.05) is 36.3 Å². The Kier molecular flexibility index (Phi) is 7.61. The van der Waals surface area contributed by atoms with Gasteiger partial charge < -0.3 is 19.9 Å². The van der Waals surface area contributed by atoms with E-state index >= 15 is 0 Å². The Bertz CT molecular complexity index is 868. The molecule has 1 amide bonds. The number of rotatable bonds is 10. The second-order valence-corrected chi connectivity index (χ2v) is 6.26. The standard InChI is InChI=1S/C22H23NO5/c1-4-9-28-13-17-10-15(2)21(20(12-17)27-3)18-7-5-16(6-8-18)11-19(22(25)26)23-14-24/h1,5-8,10,12,14,19H,9,11,13H2,2-3H3,(H,23,24)(H,25,26)/t19-/m0/s1. The van der Waals surface area contributed by atoms with Crippen molar-refractivity contribution >= 4 is 12.4 Å². The fourth-order valence-electron chi connectivity index (χ4n) is 3.01. The zero-order valence-electron chi connectivity index (χ0n) is 15.9. The summed E-state index contributed by atoms with van der Waals surface area (Å²) in [5.41, 5.74) is 4.70. The first kappa shape index (κ1) is 21.0. The zero-order chi connectivity index (χ0) is 20.5. The lowest BCUT2D eigenvalue weighted by molar-refractivity contribution is -0.140. The molecule has 28 heavy (non-hydrogen) atoms. The van der Waals surface area contributed by atoms with Gasteiger partial charge in [-0.2, -0.15) is 0 Å². The fourth-order valence-corrected chi connectivity index (χ4v) is 3.01. The van der Waals surface area contributed by atoms with Gasteiger partial charge in [0.15, 0.2) is 0 Å². The molecular weight excluding hydrogens is 358 g/mol. The van der Waals surface area contributed by atoms with Crippen LogP contribution in [-0.4, -0.2) is 37.2 Å². The highest BCUT2D eigenvalue weighted by Crippen LogP contribution is 2.34. The van der Waals surface area contributed by atoms with Crippen LogP contribution >= 0.6 is 0 Å². The van der Waals surface area contributed by atoms with Crippen LogP contribution in [0.4, 0.5) is 0 Å². The van der Waals surface area contributed by atoms with Crippen molar-refractivity contribution < 1.29 is 24.2 Å². The molecule has 2 aromatic carbocycles. The molecule has 6 nitrogen and oxygen atoms in total. The number of carboxylic acid groups (broad SMARTS) is 1. The molecule has 0 radical (unpaired) electrons. The van der Waals surface area contributed by atoms with Gasteiger partial charge >= 0.3 is 5.97 Å².